The molecule has 6 rings (SSSR count). The molecule has 2 aromatic carbocycles. The lowest BCUT2D eigenvalue weighted by Crippen LogP contribution is -2.60. The van der Waals surface area contributed by atoms with Crippen LogP contribution in [0.25, 0.3) is 0 Å². The van der Waals surface area contributed by atoms with Crippen LogP contribution in [0.4, 0.5) is 0 Å². The Kier molecular flexibility index (Phi) is 13.4. The monoisotopic (exact) mass is 830 g/mol. The van der Waals surface area contributed by atoms with E-state index in [0.29, 0.717) is 29.7 Å². The van der Waals surface area contributed by atoms with Crippen LogP contribution in [0, 0.1) is 16.7 Å². The van der Waals surface area contributed by atoms with Crippen molar-refractivity contribution < 1.29 is 62.2 Å². The summed E-state index contributed by atoms with van der Waals surface area (Å²) < 4.78 is 43.3. The van der Waals surface area contributed by atoms with Crippen molar-refractivity contribution >= 4 is 29.8 Å². The van der Waals surface area contributed by atoms with Crippen molar-refractivity contribution in [3.05, 3.63) is 95.1 Å². The molecule has 4 aliphatic rings. The fourth-order valence-corrected chi connectivity index (χ4v) is 9.96. The molecule has 324 valence electrons. The largest absolute Gasteiger partial charge is 0.462 e. The molecule has 1 aliphatic heterocycles. The normalized spacial score (nSPS) is 30.8. The second-order valence-corrected chi connectivity index (χ2v) is 17.3. The van der Waals surface area contributed by atoms with Crippen molar-refractivity contribution in [2.45, 2.75) is 142 Å². The number of carbonyl (C=O) groups excluding carboxylic acids is 5. The first-order valence-corrected chi connectivity index (χ1v) is 20.8. The number of aliphatic hydroxyl groups is 1. The van der Waals surface area contributed by atoms with E-state index in [9.17, 15) is 29.1 Å². The lowest BCUT2D eigenvalue weighted by molar-refractivity contribution is -0.206. The highest BCUT2D eigenvalue weighted by atomic mass is 16.7. The fourth-order valence-electron chi connectivity index (χ4n) is 9.96. The van der Waals surface area contributed by atoms with Gasteiger partial charge in [-0.25, -0.2) is 9.59 Å². The molecule has 10 atom stereocenters. The zero-order valence-electron chi connectivity index (χ0n) is 35.6. The highest BCUT2D eigenvalue weighted by Crippen LogP contribution is 2.65. The number of hydrogen-bond acceptors (Lipinski definition) is 13. The van der Waals surface area contributed by atoms with Gasteiger partial charge in [-0.1, -0.05) is 62.0 Å². The summed E-state index contributed by atoms with van der Waals surface area (Å²) in [7, 11) is 0. The molecule has 13 heteroatoms. The minimum absolute atomic E-state index is 0.0178. The summed E-state index contributed by atoms with van der Waals surface area (Å²) in [5, 5.41) is 12.6. The Morgan fingerprint density at radius 2 is 1.48 bits per heavy atom. The number of fused-ring (bicyclic) bond motifs is 2. The number of benzene rings is 2. The third-order valence-electron chi connectivity index (χ3n) is 13.0. The second kappa shape index (κ2) is 18.0. The number of esters is 5. The van der Waals surface area contributed by atoms with Gasteiger partial charge in [0.15, 0.2) is 24.6 Å². The Morgan fingerprint density at radius 3 is 2.07 bits per heavy atom. The molecule has 0 radical (unpaired) electrons. The van der Waals surface area contributed by atoms with Crippen LogP contribution in [0.2, 0.25) is 0 Å². The second-order valence-electron chi connectivity index (χ2n) is 17.3. The van der Waals surface area contributed by atoms with E-state index in [1.807, 2.05) is 30.3 Å². The Hall–Kier alpha value is -4.85. The van der Waals surface area contributed by atoms with E-state index in [1.54, 1.807) is 58.0 Å². The molecule has 1 unspecified atom stereocenters. The quantitative estimate of drug-likeness (QED) is 0.139. The van der Waals surface area contributed by atoms with E-state index in [4.69, 9.17) is 33.2 Å². The summed E-state index contributed by atoms with van der Waals surface area (Å²) in [4.78, 5) is 67.4. The van der Waals surface area contributed by atoms with Crippen LogP contribution in [-0.4, -0.2) is 90.1 Å². The van der Waals surface area contributed by atoms with Crippen molar-refractivity contribution in [1.82, 2.24) is 0 Å². The van der Waals surface area contributed by atoms with Crippen molar-refractivity contribution in [1.29, 1.82) is 0 Å². The molecule has 1 heterocycles. The molecule has 13 nitrogen and oxygen atoms in total. The molecule has 3 aliphatic carbocycles. The SMILES string of the molecule is C=C1[C@@H](OC(C)=O)C[C@H](OC(C)=O)[C@]2(C)[C@@H]1C[C@]1(C(C)(C)O)C[C@H](OC(=O)[C@H](Cc3ccccc3)OC3CCCCO3)C(C)=C1[C@@H](OC(=O)c1ccccc1)[C@@H]2OC(C)=O. The first kappa shape index (κ1) is 44.7. The summed E-state index contributed by atoms with van der Waals surface area (Å²) in [6.07, 6.45) is -4.72. The van der Waals surface area contributed by atoms with Gasteiger partial charge in [0.05, 0.1) is 16.6 Å². The van der Waals surface area contributed by atoms with E-state index in [0.717, 1.165) is 18.4 Å². The topological polar surface area (TPSA) is 170 Å². The number of carbonyl (C=O) groups is 5. The predicted octanol–water partition coefficient (Wildman–Crippen LogP) is 6.54. The molecule has 2 saturated carbocycles. The maximum absolute atomic E-state index is 14.5. The first-order chi connectivity index (χ1) is 28.3. The minimum Gasteiger partial charge on any atom is -0.462 e. The van der Waals surface area contributed by atoms with E-state index in [-0.39, 0.29) is 31.2 Å². The molecular weight excluding hydrogens is 773 g/mol. The van der Waals surface area contributed by atoms with Gasteiger partial charge in [-0.15, -0.1) is 0 Å². The maximum Gasteiger partial charge on any atom is 0.338 e. The van der Waals surface area contributed by atoms with Crippen molar-refractivity contribution in [2.75, 3.05) is 6.61 Å². The van der Waals surface area contributed by atoms with E-state index in [2.05, 4.69) is 6.58 Å². The van der Waals surface area contributed by atoms with Gasteiger partial charge in [-0.3, -0.25) is 14.4 Å². The third kappa shape index (κ3) is 9.08. The molecule has 0 amide bonds. The van der Waals surface area contributed by atoms with Gasteiger partial charge in [0.25, 0.3) is 0 Å². The highest BCUT2D eigenvalue weighted by Gasteiger charge is 2.69. The van der Waals surface area contributed by atoms with Gasteiger partial charge >= 0.3 is 29.8 Å². The first-order valence-electron chi connectivity index (χ1n) is 20.8. The van der Waals surface area contributed by atoms with Crippen LogP contribution in [-0.2, 0) is 58.8 Å². The number of rotatable bonds is 12. The average Bonchev–Trinajstić information content (AvgIpc) is 3.43. The average molecular weight is 831 g/mol. The molecule has 1 saturated heterocycles. The lowest BCUT2D eigenvalue weighted by atomic mass is 9.56. The summed E-state index contributed by atoms with van der Waals surface area (Å²) in [6.45, 7) is 15.5. The maximum atomic E-state index is 14.5. The van der Waals surface area contributed by atoms with Gasteiger partial charge in [0, 0.05) is 52.1 Å². The number of hydrogen-bond donors (Lipinski definition) is 1. The van der Waals surface area contributed by atoms with Gasteiger partial charge < -0.3 is 38.3 Å². The van der Waals surface area contributed by atoms with E-state index < -0.39 is 95.1 Å². The zero-order valence-corrected chi connectivity index (χ0v) is 35.6. The molecule has 3 fully saturated rings. The zero-order chi connectivity index (χ0) is 43.6. The fraction of sp³-hybridized carbons (Fsp3) is 0.553. The molecule has 0 spiro atoms. The van der Waals surface area contributed by atoms with Crippen molar-refractivity contribution in [3.8, 4) is 0 Å². The van der Waals surface area contributed by atoms with Crippen LogP contribution in [0.3, 0.4) is 0 Å². The Labute approximate surface area is 351 Å². The summed E-state index contributed by atoms with van der Waals surface area (Å²) in [6, 6.07) is 17.7. The van der Waals surface area contributed by atoms with Crippen LogP contribution >= 0.6 is 0 Å². The lowest BCUT2D eigenvalue weighted by Gasteiger charge is -2.53. The summed E-state index contributed by atoms with van der Waals surface area (Å²) >= 11 is 0. The van der Waals surface area contributed by atoms with Gasteiger partial charge in [0.2, 0.25) is 0 Å². The van der Waals surface area contributed by atoms with Crippen LogP contribution in [0.1, 0.15) is 103 Å². The highest BCUT2D eigenvalue weighted by molar-refractivity contribution is 5.89. The van der Waals surface area contributed by atoms with Gasteiger partial charge in [-0.05, 0) is 86.8 Å². The molecule has 2 aromatic rings. The summed E-state index contributed by atoms with van der Waals surface area (Å²) in [5.74, 6) is -4.12. The summed E-state index contributed by atoms with van der Waals surface area (Å²) in [5.41, 5.74) is -1.99. The van der Waals surface area contributed by atoms with Crippen molar-refractivity contribution in [2.24, 2.45) is 16.7 Å². The van der Waals surface area contributed by atoms with Crippen LogP contribution in [0.15, 0.2) is 84.0 Å². The van der Waals surface area contributed by atoms with Crippen molar-refractivity contribution in [3.63, 3.8) is 0 Å². The molecule has 0 bridgehead atoms. The van der Waals surface area contributed by atoms with Gasteiger partial charge in [0.1, 0.15) is 18.3 Å². The molecular formula is C47H58O13. The van der Waals surface area contributed by atoms with Gasteiger partial charge in [-0.2, -0.15) is 0 Å². The molecule has 1 N–H and O–H groups in total. The smallest absolute Gasteiger partial charge is 0.338 e. The Morgan fingerprint density at radius 1 is 0.850 bits per heavy atom. The molecule has 60 heavy (non-hydrogen) atoms. The molecule has 0 aromatic heterocycles. The Bertz CT molecular complexity index is 1960. The number of ether oxygens (including phenoxy) is 7. The predicted molar refractivity (Wildman–Crippen MR) is 217 cm³/mol. The van der Waals surface area contributed by atoms with E-state index >= 15 is 0 Å². The third-order valence-corrected chi connectivity index (χ3v) is 13.0. The van der Waals surface area contributed by atoms with E-state index in [1.165, 1.54) is 20.8 Å². The standard InChI is InChI=1S/C47H58O13/c1-27-34-25-47(45(6,7)53)26-37(59-44(52)36(23-32-17-11-9-12-18-32)58-39-21-15-16-22-54-39)28(2)40(47)41(60-43(51)33-19-13-10-14-20-33)42(57-31(5)50)46(34,8)38(56-30(4)49)24-35(27)55-29(3)48/h9-14,17-20,34-39,41-42,53H,1,15-16,21-26H2,2-8H3/t34-,35+,36+,37+,38+,39?,41-,42+,46+,47+/m1/s1. The van der Waals surface area contributed by atoms with Crippen LogP contribution in [0.5, 0.6) is 0 Å². The minimum atomic E-state index is -1.63. The Balaban J connectivity index is 1.52. The van der Waals surface area contributed by atoms with Crippen LogP contribution < -0.4 is 0 Å².